The molecule has 1 aromatic rings. The van der Waals surface area contributed by atoms with Crippen molar-refractivity contribution in [2.45, 2.75) is 27.7 Å². The van der Waals surface area contributed by atoms with E-state index < -0.39 is 5.97 Å². The first-order valence-electron chi connectivity index (χ1n) is 5.70. The van der Waals surface area contributed by atoms with Gasteiger partial charge in [-0.05, 0) is 5.41 Å². The molecule has 0 bridgehead atoms. The smallest absolute Gasteiger partial charge is 0.341 e. The Morgan fingerprint density at radius 2 is 2.00 bits per heavy atom. The molecule has 1 heterocycles. The lowest BCUT2D eigenvalue weighted by atomic mass is 9.81. The summed E-state index contributed by atoms with van der Waals surface area (Å²) in [5.74, 6) is -1.50. The summed E-state index contributed by atoms with van der Waals surface area (Å²) in [4.78, 5) is 23.0. The molecule has 0 saturated carbocycles. The number of hydrogen-bond donors (Lipinski definition) is 2. The fourth-order valence-corrected chi connectivity index (χ4v) is 1.36. The van der Waals surface area contributed by atoms with Gasteiger partial charge in [-0.15, -0.1) is 0 Å². The van der Waals surface area contributed by atoms with Crippen molar-refractivity contribution in [1.29, 1.82) is 0 Å². The van der Waals surface area contributed by atoms with Crippen LogP contribution in [0.4, 0.5) is 5.82 Å². The minimum absolute atomic E-state index is 0.00745. The molecule has 0 spiro atoms. The summed E-state index contributed by atoms with van der Waals surface area (Å²) in [5, 5.41) is 15.5. The Labute approximate surface area is 106 Å². The summed E-state index contributed by atoms with van der Waals surface area (Å²) in [5.41, 5.74) is -0.200. The highest BCUT2D eigenvalue weighted by Crippen LogP contribution is 2.26. The minimum Gasteiger partial charge on any atom is -0.477 e. The molecule has 0 radical (unpaired) electrons. The Kier molecular flexibility index (Phi) is 3.79. The number of hydrogen-bond acceptors (Lipinski definition) is 3. The molecule has 1 unspecified atom stereocenters. The number of carbonyl (C=O) groups is 2. The number of aromatic nitrogens is 2. The summed E-state index contributed by atoms with van der Waals surface area (Å²) in [6.07, 6.45) is 1.36. The first-order chi connectivity index (χ1) is 8.12. The van der Waals surface area contributed by atoms with E-state index in [1.54, 1.807) is 14.0 Å². The van der Waals surface area contributed by atoms with Crippen LogP contribution in [0.25, 0.3) is 0 Å². The second kappa shape index (κ2) is 4.80. The number of anilines is 1. The van der Waals surface area contributed by atoms with Gasteiger partial charge in [0.15, 0.2) is 5.82 Å². The van der Waals surface area contributed by atoms with E-state index in [0.717, 1.165) is 0 Å². The molecule has 100 valence electrons. The van der Waals surface area contributed by atoms with Gasteiger partial charge in [-0.25, -0.2) is 4.79 Å². The second-order valence-corrected chi connectivity index (χ2v) is 5.45. The normalized spacial score (nSPS) is 13.2. The van der Waals surface area contributed by atoms with Crippen LogP contribution in [0.1, 0.15) is 38.1 Å². The van der Waals surface area contributed by atoms with E-state index in [2.05, 4.69) is 10.4 Å². The fourth-order valence-electron chi connectivity index (χ4n) is 1.36. The predicted molar refractivity (Wildman–Crippen MR) is 67.4 cm³/mol. The Bertz CT molecular complexity index is 471. The zero-order chi connectivity index (χ0) is 14.1. The van der Waals surface area contributed by atoms with Gasteiger partial charge >= 0.3 is 5.97 Å². The number of rotatable bonds is 3. The van der Waals surface area contributed by atoms with E-state index in [1.807, 2.05) is 20.8 Å². The lowest BCUT2D eigenvalue weighted by Gasteiger charge is -2.25. The van der Waals surface area contributed by atoms with E-state index in [-0.39, 0.29) is 28.6 Å². The van der Waals surface area contributed by atoms with Crippen LogP contribution in [0, 0.1) is 11.3 Å². The number of carboxylic acid groups (broad SMARTS) is 1. The topological polar surface area (TPSA) is 84.2 Å². The van der Waals surface area contributed by atoms with Crippen molar-refractivity contribution in [3.05, 3.63) is 11.8 Å². The van der Waals surface area contributed by atoms with E-state index in [1.165, 1.54) is 10.9 Å². The third-order valence-corrected chi connectivity index (χ3v) is 2.99. The molecule has 1 atom stereocenters. The average Bonchev–Trinajstić information content (AvgIpc) is 2.57. The standard InChI is InChI=1S/C12H19N3O3/c1-7(12(2,3)4)10(16)13-9-8(11(17)18)6-15(5)14-9/h6-7H,1-5H3,(H,17,18)(H,13,14,16). The van der Waals surface area contributed by atoms with E-state index in [4.69, 9.17) is 5.11 Å². The molecule has 0 aromatic carbocycles. The molecule has 1 aromatic heterocycles. The molecule has 0 aliphatic rings. The lowest BCUT2D eigenvalue weighted by molar-refractivity contribution is -0.122. The van der Waals surface area contributed by atoms with Gasteiger partial charge in [0.1, 0.15) is 5.56 Å². The molecular formula is C12H19N3O3. The van der Waals surface area contributed by atoms with E-state index >= 15 is 0 Å². The molecule has 1 rings (SSSR count). The van der Waals surface area contributed by atoms with E-state index in [0.29, 0.717) is 0 Å². The van der Waals surface area contributed by atoms with Gasteiger partial charge < -0.3 is 10.4 Å². The highest BCUT2D eigenvalue weighted by molar-refractivity contribution is 5.99. The number of carboxylic acids is 1. The van der Waals surface area contributed by atoms with Crippen molar-refractivity contribution in [3.63, 3.8) is 0 Å². The number of carbonyl (C=O) groups excluding carboxylic acids is 1. The van der Waals surface area contributed by atoms with Crippen molar-refractivity contribution >= 4 is 17.7 Å². The average molecular weight is 253 g/mol. The predicted octanol–water partition coefficient (Wildman–Crippen LogP) is 1.74. The first-order valence-corrected chi connectivity index (χ1v) is 5.70. The van der Waals surface area contributed by atoms with Gasteiger partial charge in [0.05, 0.1) is 0 Å². The largest absolute Gasteiger partial charge is 0.477 e. The number of amides is 1. The fraction of sp³-hybridized carbons (Fsp3) is 0.583. The molecule has 0 aliphatic carbocycles. The molecule has 2 N–H and O–H groups in total. The van der Waals surface area contributed by atoms with Crippen LogP contribution in [-0.4, -0.2) is 26.8 Å². The third-order valence-electron chi connectivity index (χ3n) is 2.99. The van der Waals surface area contributed by atoms with Gasteiger partial charge in [-0.2, -0.15) is 5.10 Å². The summed E-state index contributed by atoms with van der Waals surface area (Å²) >= 11 is 0. The van der Waals surface area contributed by atoms with Crippen LogP contribution < -0.4 is 5.32 Å². The van der Waals surface area contributed by atoms with Crippen molar-refractivity contribution in [3.8, 4) is 0 Å². The highest BCUT2D eigenvalue weighted by Gasteiger charge is 2.28. The van der Waals surface area contributed by atoms with Gasteiger partial charge in [0, 0.05) is 19.2 Å². The number of aryl methyl sites for hydroxylation is 1. The van der Waals surface area contributed by atoms with E-state index in [9.17, 15) is 9.59 Å². The number of nitrogens with zero attached hydrogens (tertiary/aromatic N) is 2. The molecule has 6 nitrogen and oxygen atoms in total. The van der Waals surface area contributed by atoms with Crippen molar-refractivity contribution in [2.24, 2.45) is 18.4 Å². The van der Waals surface area contributed by atoms with Gasteiger partial charge in [-0.3, -0.25) is 9.48 Å². The van der Waals surface area contributed by atoms with Gasteiger partial charge in [0.25, 0.3) is 0 Å². The maximum atomic E-state index is 12.0. The van der Waals surface area contributed by atoms with Crippen LogP contribution in [0.3, 0.4) is 0 Å². The number of aromatic carboxylic acids is 1. The SMILES string of the molecule is CC(C(=O)Nc1nn(C)cc1C(=O)O)C(C)(C)C. The summed E-state index contributed by atoms with van der Waals surface area (Å²) < 4.78 is 1.36. The van der Waals surface area contributed by atoms with Gasteiger partial charge in [0.2, 0.25) is 5.91 Å². The zero-order valence-corrected chi connectivity index (χ0v) is 11.3. The Morgan fingerprint density at radius 1 is 1.44 bits per heavy atom. The third kappa shape index (κ3) is 3.09. The van der Waals surface area contributed by atoms with Crippen LogP contribution in [0.2, 0.25) is 0 Å². The monoisotopic (exact) mass is 253 g/mol. The molecule has 1 amide bonds. The Balaban J connectivity index is 2.92. The quantitative estimate of drug-likeness (QED) is 0.859. The van der Waals surface area contributed by atoms with Crippen molar-refractivity contribution in [1.82, 2.24) is 9.78 Å². The molecule has 6 heteroatoms. The summed E-state index contributed by atoms with van der Waals surface area (Å²) in [6.45, 7) is 7.66. The molecular weight excluding hydrogens is 234 g/mol. The van der Waals surface area contributed by atoms with Crippen molar-refractivity contribution in [2.75, 3.05) is 5.32 Å². The summed E-state index contributed by atoms with van der Waals surface area (Å²) in [7, 11) is 1.61. The Hall–Kier alpha value is -1.85. The highest BCUT2D eigenvalue weighted by atomic mass is 16.4. The minimum atomic E-state index is -1.11. The molecule has 0 saturated heterocycles. The maximum absolute atomic E-state index is 12.0. The summed E-state index contributed by atoms with van der Waals surface area (Å²) in [6, 6.07) is 0. The maximum Gasteiger partial charge on any atom is 0.341 e. The van der Waals surface area contributed by atoms with Crippen molar-refractivity contribution < 1.29 is 14.7 Å². The van der Waals surface area contributed by atoms with Crippen LogP contribution in [0.15, 0.2) is 6.20 Å². The Morgan fingerprint density at radius 3 is 2.44 bits per heavy atom. The van der Waals surface area contributed by atoms with Crippen LogP contribution in [0.5, 0.6) is 0 Å². The molecule has 0 fully saturated rings. The lowest BCUT2D eigenvalue weighted by Crippen LogP contribution is -2.31. The second-order valence-electron chi connectivity index (χ2n) is 5.45. The molecule has 18 heavy (non-hydrogen) atoms. The zero-order valence-electron chi connectivity index (χ0n) is 11.3. The first kappa shape index (κ1) is 14.2. The van der Waals surface area contributed by atoms with Crippen LogP contribution in [-0.2, 0) is 11.8 Å². The van der Waals surface area contributed by atoms with Gasteiger partial charge in [-0.1, -0.05) is 27.7 Å². The van der Waals surface area contributed by atoms with Crippen LogP contribution >= 0.6 is 0 Å². The molecule has 0 aliphatic heterocycles. The number of nitrogens with one attached hydrogen (secondary N) is 1.